The van der Waals surface area contributed by atoms with E-state index in [4.69, 9.17) is 21.1 Å². The van der Waals surface area contributed by atoms with E-state index in [0.29, 0.717) is 11.5 Å². The SMILES string of the molecule is COc1cc(CC(=O)Cl)ccc1OC(C)C. The van der Waals surface area contributed by atoms with Crippen LogP contribution < -0.4 is 9.47 Å². The Morgan fingerprint density at radius 3 is 2.56 bits per heavy atom. The lowest BCUT2D eigenvalue weighted by Gasteiger charge is -2.14. The lowest BCUT2D eigenvalue weighted by molar-refractivity contribution is -0.111. The van der Waals surface area contributed by atoms with Gasteiger partial charge in [-0.2, -0.15) is 0 Å². The molecule has 1 aromatic carbocycles. The fourth-order valence-electron chi connectivity index (χ4n) is 1.33. The van der Waals surface area contributed by atoms with Gasteiger partial charge in [-0.1, -0.05) is 6.07 Å². The third kappa shape index (κ3) is 3.74. The average Bonchev–Trinajstić information content (AvgIpc) is 2.18. The predicted octanol–water partition coefficient (Wildman–Crippen LogP) is 2.79. The highest BCUT2D eigenvalue weighted by Crippen LogP contribution is 2.29. The van der Waals surface area contributed by atoms with E-state index >= 15 is 0 Å². The summed E-state index contributed by atoms with van der Waals surface area (Å²) in [6.07, 6.45) is 0.272. The van der Waals surface area contributed by atoms with Gasteiger partial charge < -0.3 is 9.47 Å². The second kappa shape index (κ2) is 5.75. The van der Waals surface area contributed by atoms with Crippen LogP contribution in [0.3, 0.4) is 0 Å². The maximum Gasteiger partial charge on any atom is 0.226 e. The zero-order valence-corrected chi connectivity index (χ0v) is 10.4. The molecular formula is C12H15ClO3. The summed E-state index contributed by atoms with van der Waals surface area (Å²) in [5.41, 5.74) is 0.813. The molecule has 0 spiro atoms. The van der Waals surface area contributed by atoms with Crippen molar-refractivity contribution in [2.45, 2.75) is 26.4 Å². The lowest BCUT2D eigenvalue weighted by Crippen LogP contribution is -2.07. The molecule has 0 radical (unpaired) electrons. The Kier molecular flexibility index (Phi) is 4.62. The first-order valence-electron chi connectivity index (χ1n) is 5.05. The number of benzene rings is 1. The quantitative estimate of drug-likeness (QED) is 0.745. The third-order valence-electron chi connectivity index (χ3n) is 1.93. The van der Waals surface area contributed by atoms with Crippen molar-refractivity contribution in [3.8, 4) is 11.5 Å². The summed E-state index contributed by atoms with van der Waals surface area (Å²) in [7, 11) is 1.56. The average molecular weight is 243 g/mol. The number of hydrogen-bond acceptors (Lipinski definition) is 3. The molecule has 0 heterocycles. The first-order valence-corrected chi connectivity index (χ1v) is 5.42. The fourth-order valence-corrected chi connectivity index (χ4v) is 1.49. The van der Waals surface area contributed by atoms with Crippen LogP contribution in [0, 0.1) is 0 Å². The van der Waals surface area contributed by atoms with Crippen molar-refractivity contribution in [1.29, 1.82) is 0 Å². The predicted molar refractivity (Wildman–Crippen MR) is 63.3 cm³/mol. The standard InChI is InChI=1S/C12H15ClO3/c1-8(2)16-10-5-4-9(7-12(13)14)6-11(10)15-3/h4-6,8H,7H2,1-3H3. The van der Waals surface area contributed by atoms with Gasteiger partial charge in [-0.15, -0.1) is 0 Å². The van der Waals surface area contributed by atoms with Crippen molar-refractivity contribution in [3.63, 3.8) is 0 Å². The van der Waals surface area contributed by atoms with Crippen LogP contribution in [0.15, 0.2) is 18.2 Å². The first-order chi connectivity index (χ1) is 7.52. The van der Waals surface area contributed by atoms with Gasteiger partial charge in [0.2, 0.25) is 5.24 Å². The van der Waals surface area contributed by atoms with Crippen molar-refractivity contribution in [2.75, 3.05) is 7.11 Å². The summed E-state index contributed by atoms with van der Waals surface area (Å²) in [5.74, 6) is 1.28. The van der Waals surface area contributed by atoms with Crippen LogP contribution in [-0.4, -0.2) is 18.5 Å². The molecule has 0 amide bonds. The molecule has 4 heteroatoms. The molecule has 1 rings (SSSR count). The van der Waals surface area contributed by atoms with Crippen molar-refractivity contribution in [1.82, 2.24) is 0 Å². The second-order valence-corrected chi connectivity index (χ2v) is 4.11. The Morgan fingerprint density at radius 2 is 2.06 bits per heavy atom. The van der Waals surface area contributed by atoms with E-state index in [9.17, 15) is 4.79 Å². The van der Waals surface area contributed by atoms with E-state index < -0.39 is 0 Å². The molecule has 0 aliphatic carbocycles. The van der Waals surface area contributed by atoms with Gasteiger partial charge in [-0.3, -0.25) is 4.79 Å². The molecule has 16 heavy (non-hydrogen) atoms. The van der Waals surface area contributed by atoms with E-state index in [1.807, 2.05) is 13.8 Å². The minimum Gasteiger partial charge on any atom is -0.493 e. The summed E-state index contributed by atoms with van der Waals surface area (Å²) in [6.45, 7) is 3.88. The van der Waals surface area contributed by atoms with Crippen molar-refractivity contribution in [2.24, 2.45) is 0 Å². The third-order valence-corrected chi connectivity index (χ3v) is 2.07. The topological polar surface area (TPSA) is 35.5 Å². The summed E-state index contributed by atoms with van der Waals surface area (Å²) in [6, 6.07) is 5.35. The molecule has 88 valence electrons. The van der Waals surface area contributed by atoms with Crippen molar-refractivity contribution >= 4 is 16.8 Å². The van der Waals surface area contributed by atoms with Crippen LogP contribution in [0.25, 0.3) is 0 Å². The Bertz CT molecular complexity index is 375. The van der Waals surface area contributed by atoms with Gasteiger partial charge in [0.15, 0.2) is 11.5 Å². The van der Waals surface area contributed by atoms with E-state index in [2.05, 4.69) is 0 Å². The highest BCUT2D eigenvalue weighted by molar-refractivity contribution is 6.63. The molecule has 0 aliphatic rings. The maximum absolute atomic E-state index is 10.8. The number of halogens is 1. The lowest BCUT2D eigenvalue weighted by atomic mass is 10.1. The molecule has 0 bridgehead atoms. The van der Waals surface area contributed by atoms with Crippen molar-refractivity contribution < 1.29 is 14.3 Å². The maximum atomic E-state index is 10.8. The molecule has 0 unspecified atom stereocenters. The summed E-state index contributed by atoms with van der Waals surface area (Å²) < 4.78 is 10.7. The van der Waals surface area contributed by atoms with E-state index in [1.165, 1.54) is 0 Å². The van der Waals surface area contributed by atoms with Crippen LogP contribution in [0.5, 0.6) is 11.5 Å². The Labute approximate surface area is 100 Å². The smallest absolute Gasteiger partial charge is 0.226 e. The van der Waals surface area contributed by atoms with Crippen LogP contribution in [0.1, 0.15) is 19.4 Å². The molecule has 0 aliphatic heterocycles. The molecule has 0 N–H and O–H groups in total. The molecular weight excluding hydrogens is 228 g/mol. The number of rotatable bonds is 5. The molecule has 0 saturated carbocycles. The number of methoxy groups -OCH3 is 1. The van der Waals surface area contributed by atoms with Gasteiger partial charge >= 0.3 is 0 Å². The van der Waals surface area contributed by atoms with E-state index in [0.717, 1.165) is 5.56 Å². The van der Waals surface area contributed by atoms with Crippen LogP contribution in [-0.2, 0) is 11.2 Å². The zero-order valence-electron chi connectivity index (χ0n) is 9.62. The normalized spacial score (nSPS) is 10.3. The monoisotopic (exact) mass is 242 g/mol. The van der Waals surface area contributed by atoms with Gasteiger partial charge in [0, 0.05) is 6.42 Å². The van der Waals surface area contributed by atoms with Gasteiger partial charge in [-0.05, 0) is 43.1 Å². The number of hydrogen-bond donors (Lipinski definition) is 0. The fraction of sp³-hybridized carbons (Fsp3) is 0.417. The van der Waals surface area contributed by atoms with Crippen molar-refractivity contribution in [3.05, 3.63) is 23.8 Å². The van der Waals surface area contributed by atoms with Crippen LogP contribution >= 0.6 is 11.6 Å². The summed E-state index contributed by atoms with van der Waals surface area (Å²) in [5, 5.41) is -0.389. The summed E-state index contributed by atoms with van der Waals surface area (Å²) in [4.78, 5) is 10.8. The molecule has 0 fully saturated rings. The van der Waals surface area contributed by atoms with Gasteiger partial charge in [-0.25, -0.2) is 0 Å². The number of ether oxygens (including phenoxy) is 2. The molecule has 0 aromatic heterocycles. The van der Waals surface area contributed by atoms with Crippen LogP contribution in [0.2, 0.25) is 0 Å². The van der Waals surface area contributed by atoms with Crippen LogP contribution in [0.4, 0.5) is 0 Å². The van der Waals surface area contributed by atoms with Gasteiger partial charge in [0.1, 0.15) is 0 Å². The first kappa shape index (κ1) is 12.8. The largest absolute Gasteiger partial charge is 0.493 e. The number of carbonyl (C=O) groups excluding carboxylic acids is 1. The minimum atomic E-state index is -0.389. The van der Waals surface area contributed by atoms with E-state index in [-0.39, 0.29) is 17.8 Å². The zero-order chi connectivity index (χ0) is 12.1. The molecule has 0 saturated heterocycles. The molecule has 3 nitrogen and oxygen atoms in total. The second-order valence-electron chi connectivity index (χ2n) is 3.68. The summed E-state index contributed by atoms with van der Waals surface area (Å²) >= 11 is 5.32. The van der Waals surface area contributed by atoms with E-state index in [1.54, 1.807) is 25.3 Å². The highest BCUT2D eigenvalue weighted by atomic mass is 35.5. The molecule has 1 aromatic rings. The van der Waals surface area contributed by atoms with Gasteiger partial charge in [0.05, 0.1) is 13.2 Å². The Balaban J connectivity index is 2.92. The van der Waals surface area contributed by atoms with Gasteiger partial charge in [0.25, 0.3) is 0 Å². The molecule has 0 atom stereocenters. The Hall–Kier alpha value is -1.22. The Morgan fingerprint density at radius 1 is 1.38 bits per heavy atom. The minimum absolute atomic E-state index is 0.0782. The highest BCUT2D eigenvalue weighted by Gasteiger charge is 2.08. The number of carbonyl (C=O) groups is 1.